The number of hydrogen-bond donors (Lipinski definition) is 1. The molecule has 0 saturated carbocycles. The van der Waals surface area contributed by atoms with E-state index in [9.17, 15) is 9.59 Å². The molecular formula is C17H23N3O3S. The SMILES string of the molecule is COc1cccc(N2CCN(C(=O)[C@@H]3CSCCC(=O)N3)CC2)c1. The highest BCUT2D eigenvalue weighted by molar-refractivity contribution is 7.99. The number of piperazine rings is 1. The average molecular weight is 349 g/mol. The molecule has 0 spiro atoms. The van der Waals surface area contributed by atoms with Crippen molar-refractivity contribution in [3.8, 4) is 5.75 Å². The number of rotatable bonds is 3. The van der Waals surface area contributed by atoms with E-state index in [4.69, 9.17) is 4.74 Å². The quantitative estimate of drug-likeness (QED) is 0.881. The number of benzene rings is 1. The molecule has 2 aliphatic rings. The summed E-state index contributed by atoms with van der Waals surface area (Å²) in [5.74, 6) is 2.32. The minimum atomic E-state index is -0.381. The summed E-state index contributed by atoms with van der Waals surface area (Å²) in [4.78, 5) is 28.4. The van der Waals surface area contributed by atoms with Gasteiger partial charge in [0.15, 0.2) is 0 Å². The highest BCUT2D eigenvalue weighted by atomic mass is 32.2. The zero-order valence-electron chi connectivity index (χ0n) is 13.9. The molecule has 130 valence electrons. The van der Waals surface area contributed by atoms with Crippen LogP contribution in [0, 0.1) is 0 Å². The lowest BCUT2D eigenvalue weighted by atomic mass is 10.2. The van der Waals surface area contributed by atoms with Crippen molar-refractivity contribution in [3.05, 3.63) is 24.3 Å². The average Bonchev–Trinajstić information content (AvgIpc) is 2.86. The second kappa shape index (κ2) is 7.79. The fourth-order valence-electron chi connectivity index (χ4n) is 3.02. The topological polar surface area (TPSA) is 61.9 Å². The molecule has 0 aliphatic carbocycles. The van der Waals surface area contributed by atoms with Crippen LogP contribution in [0.15, 0.2) is 24.3 Å². The molecule has 24 heavy (non-hydrogen) atoms. The standard InChI is InChI=1S/C17H23N3O3S/c1-23-14-4-2-3-13(11-14)19-6-8-20(9-7-19)17(22)15-12-24-10-5-16(21)18-15/h2-4,11,15H,5-10,12H2,1H3,(H,18,21)/t15-/m0/s1. The summed E-state index contributed by atoms with van der Waals surface area (Å²) >= 11 is 1.67. The minimum Gasteiger partial charge on any atom is -0.497 e. The molecule has 2 heterocycles. The molecule has 2 fully saturated rings. The van der Waals surface area contributed by atoms with Gasteiger partial charge in [-0.15, -0.1) is 0 Å². The van der Waals surface area contributed by atoms with Gasteiger partial charge in [0.25, 0.3) is 0 Å². The van der Waals surface area contributed by atoms with Crippen molar-refractivity contribution in [2.45, 2.75) is 12.5 Å². The van der Waals surface area contributed by atoms with Gasteiger partial charge in [0, 0.05) is 55.9 Å². The van der Waals surface area contributed by atoms with E-state index in [0.717, 1.165) is 30.3 Å². The third-order valence-corrected chi connectivity index (χ3v) is 5.46. The molecule has 3 rings (SSSR count). The van der Waals surface area contributed by atoms with Crippen LogP contribution >= 0.6 is 11.8 Å². The number of nitrogens with one attached hydrogen (secondary N) is 1. The molecule has 0 aromatic heterocycles. The molecular weight excluding hydrogens is 326 g/mol. The summed E-state index contributed by atoms with van der Waals surface area (Å²) in [7, 11) is 1.66. The number of carbonyl (C=O) groups is 2. The summed E-state index contributed by atoms with van der Waals surface area (Å²) < 4.78 is 5.27. The van der Waals surface area contributed by atoms with E-state index in [1.54, 1.807) is 18.9 Å². The van der Waals surface area contributed by atoms with Gasteiger partial charge in [-0.05, 0) is 12.1 Å². The van der Waals surface area contributed by atoms with E-state index in [2.05, 4.69) is 16.3 Å². The van der Waals surface area contributed by atoms with Crippen molar-refractivity contribution in [1.29, 1.82) is 0 Å². The third-order valence-electron chi connectivity index (χ3n) is 4.40. The van der Waals surface area contributed by atoms with E-state index in [-0.39, 0.29) is 17.9 Å². The van der Waals surface area contributed by atoms with Gasteiger partial charge in [-0.25, -0.2) is 0 Å². The van der Waals surface area contributed by atoms with Crippen molar-refractivity contribution < 1.29 is 14.3 Å². The number of methoxy groups -OCH3 is 1. The number of nitrogens with zero attached hydrogens (tertiary/aromatic N) is 2. The summed E-state index contributed by atoms with van der Waals surface area (Å²) in [6.07, 6.45) is 0.498. The maximum Gasteiger partial charge on any atom is 0.246 e. The fourth-order valence-corrected chi connectivity index (χ4v) is 3.98. The van der Waals surface area contributed by atoms with Crippen molar-refractivity contribution in [1.82, 2.24) is 10.2 Å². The van der Waals surface area contributed by atoms with Crippen LogP contribution in [0.2, 0.25) is 0 Å². The minimum absolute atomic E-state index is 0.0200. The second-order valence-electron chi connectivity index (χ2n) is 5.96. The number of carbonyl (C=O) groups excluding carboxylic acids is 2. The monoisotopic (exact) mass is 349 g/mol. The smallest absolute Gasteiger partial charge is 0.246 e. The van der Waals surface area contributed by atoms with E-state index >= 15 is 0 Å². The van der Waals surface area contributed by atoms with Gasteiger partial charge in [0.05, 0.1) is 7.11 Å². The van der Waals surface area contributed by atoms with Gasteiger partial charge in [-0.3, -0.25) is 9.59 Å². The number of ether oxygens (including phenoxy) is 1. The lowest BCUT2D eigenvalue weighted by Crippen LogP contribution is -2.55. The van der Waals surface area contributed by atoms with E-state index in [1.165, 1.54) is 0 Å². The first-order valence-electron chi connectivity index (χ1n) is 8.22. The zero-order chi connectivity index (χ0) is 16.9. The maximum absolute atomic E-state index is 12.7. The zero-order valence-corrected chi connectivity index (χ0v) is 14.7. The second-order valence-corrected chi connectivity index (χ2v) is 7.11. The van der Waals surface area contributed by atoms with Crippen molar-refractivity contribution in [2.24, 2.45) is 0 Å². The molecule has 1 atom stereocenters. The lowest BCUT2D eigenvalue weighted by Gasteiger charge is -2.37. The van der Waals surface area contributed by atoms with Crippen LogP contribution in [0.1, 0.15) is 6.42 Å². The van der Waals surface area contributed by atoms with Crippen LogP contribution < -0.4 is 15.0 Å². The number of anilines is 1. The van der Waals surface area contributed by atoms with Gasteiger partial charge in [-0.1, -0.05) is 6.07 Å². The van der Waals surface area contributed by atoms with Crippen LogP contribution in [-0.4, -0.2) is 67.6 Å². The number of thioether (sulfide) groups is 1. The molecule has 0 unspecified atom stereocenters. The van der Waals surface area contributed by atoms with Gasteiger partial charge in [-0.2, -0.15) is 11.8 Å². The van der Waals surface area contributed by atoms with Crippen molar-refractivity contribution in [2.75, 3.05) is 49.7 Å². The first kappa shape index (κ1) is 17.0. The van der Waals surface area contributed by atoms with Crippen LogP contribution in [0.5, 0.6) is 5.75 Å². The van der Waals surface area contributed by atoms with Crippen molar-refractivity contribution in [3.63, 3.8) is 0 Å². The Labute approximate surface area is 146 Å². The van der Waals surface area contributed by atoms with Gasteiger partial charge in [0.2, 0.25) is 11.8 Å². The highest BCUT2D eigenvalue weighted by Crippen LogP contribution is 2.22. The highest BCUT2D eigenvalue weighted by Gasteiger charge is 2.29. The van der Waals surface area contributed by atoms with E-state index < -0.39 is 0 Å². The summed E-state index contributed by atoms with van der Waals surface area (Å²) in [6.45, 7) is 2.92. The predicted molar refractivity (Wildman–Crippen MR) is 95.7 cm³/mol. The Kier molecular flexibility index (Phi) is 5.50. The first-order valence-corrected chi connectivity index (χ1v) is 9.38. The molecule has 0 radical (unpaired) electrons. The molecule has 2 amide bonds. The molecule has 6 nitrogen and oxygen atoms in total. The Hall–Kier alpha value is -1.89. The predicted octanol–water partition coefficient (Wildman–Crippen LogP) is 0.965. The Morgan fingerprint density at radius 2 is 2.08 bits per heavy atom. The molecule has 0 bridgehead atoms. The summed E-state index contributed by atoms with van der Waals surface area (Å²) in [6, 6.07) is 7.59. The van der Waals surface area contributed by atoms with Crippen molar-refractivity contribution >= 4 is 29.3 Å². The molecule has 2 saturated heterocycles. The summed E-state index contributed by atoms with van der Waals surface area (Å²) in [5.41, 5.74) is 1.11. The maximum atomic E-state index is 12.7. The normalized spacial score (nSPS) is 21.9. The third kappa shape index (κ3) is 3.95. The first-order chi connectivity index (χ1) is 11.7. The molecule has 1 aromatic rings. The Morgan fingerprint density at radius 1 is 1.29 bits per heavy atom. The van der Waals surface area contributed by atoms with Gasteiger partial charge >= 0.3 is 0 Å². The van der Waals surface area contributed by atoms with Crippen LogP contribution in [0.4, 0.5) is 5.69 Å². The summed E-state index contributed by atoms with van der Waals surface area (Å²) in [5, 5.41) is 2.85. The Bertz CT molecular complexity index is 602. The number of hydrogen-bond acceptors (Lipinski definition) is 5. The molecule has 1 N–H and O–H groups in total. The van der Waals surface area contributed by atoms with Crippen LogP contribution in [0.3, 0.4) is 0 Å². The molecule has 7 heteroatoms. The Balaban J connectivity index is 1.58. The van der Waals surface area contributed by atoms with Crippen LogP contribution in [0.25, 0.3) is 0 Å². The lowest BCUT2D eigenvalue weighted by molar-refractivity contribution is -0.135. The van der Waals surface area contributed by atoms with E-state index in [0.29, 0.717) is 25.3 Å². The number of amides is 2. The van der Waals surface area contributed by atoms with Gasteiger partial charge < -0.3 is 19.9 Å². The fraction of sp³-hybridized carbons (Fsp3) is 0.529. The molecule has 2 aliphatic heterocycles. The molecule has 1 aromatic carbocycles. The van der Waals surface area contributed by atoms with Gasteiger partial charge in [0.1, 0.15) is 11.8 Å². The largest absolute Gasteiger partial charge is 0.497 e. The van der Waals surface area contributed by atoms with Crippen LogP contribution in [-0.2, 0) is 9.59 Å². The van der Waals surface area contributed by atoms with E-state index in [1.807, 2.05) is 23.1 Å². The Morgan fingerprint density at radius 3 is 2.83 bits per heavy atom.